The highest BCUT2D eigenvalue weighted by Gasteiger charge is 2.42. The first-order valence-corrected chi connectivity index (χ1v) is 7.34. The summed E-state index contributed by atoms with van der Waals surface area (Å²) in [6, 6.07) is 0.0892. The fourth-order valence-corrected chi connectivity index (χ4v) is 3.35. The fraction of sp³-hybridized carbons (Fsp3) is 0.929. The van der Waals surface area contributed by atoms with E-state index in [1.807, 2.05) is 0 Å². The zero-order valence-electron chi connectivity index (χ0n) is 11.7. The van der Waals surface area contributed by atoms with E-state index in [1.54, 1.807) is 0 Å². The minimum absolute atomic E-state index is 0.0892. The van der Waals surface area contributed by atoms with E-state index in [9.17, 15) is 4.79 Å². The number of unbranched alkanes of at least 4 members (excludes halogenated alkanes) is 1. The van der Waals surface area contributed by atoms with E-state index in [4.69, 9.17) is 0 Å². The van der Waals surface area contributed by atoms with Crippen LogP contribution in [0.3, 0.4) is 0 Å². The summed E-state index contributed by atoms with van der Waals surface area (Å²) < 4.78 is 0. The second-order valence-electron chi connectivity index (χ2n) is 6.04. The van der Waals surface area contributed by atoms with Gasteiger partial charge >= 0.3 is 0 Å². The normalized spacial score (nSPS) is 30.7. The van der Waals surface area contributed by atoms with Crippen LogP contribution >= 0.6 is 0 Å². The fourth-order valence-electron chi connectivity index (χ4n) is 3.35. The van der Waals surface area contributed by atoms with Crippen LogP contribution in [-0.2, 0) is 4.79 Å². The topological polar surface area (TPSA) is 44.4 Å². The van der Waals surface area contributed by atoms with Gasteiger partial charge in [0, 0.05) is 6.54 Å². The molecule has 1 aliphatic heterocycles. The van der Waals surface area contributed by atoms with E-state index >= 15 is 0 Å². The molecule has 104 valence electrons. The highest BCUT2D eigenvalue weighted by molar-refractivity contribution is 5.82. The van der Waals surface area contributed by atoms with Crippen LogP contribution in [0.1, 0.15) is 32.1 Å². The lowest BCUT2D eigenvalue weighted by Gasteiger charge is -2.17. The lowest BCUT2D eigenvalue weighted by atomic mass is 9.93. The summed E-state index contributed by atoms with van der Waals surface area (Å²) in [7, 11) is 4.17. The number of rotatable bonds is 6. The van der Waals surface area contributed by atoms with Crippen molar-refractivity contribution in [1.82, 2.24) is 15.5 Å². The number of nitrogens with one attached hydrogen (secondary N) is 2. The van der Waals surface area contributed by atoms with Crippen LogP contribution in [0.15, 0.2) is 0 Å². The number of hydrogen-bond donors (Lipinski definition) is 2. The molecule has 3 atom stereocenters. The Morgan fingerprint density at radius 1 is 1.33 bits per heavy atom. The maximum absolute atomic E-state index is 12.1. The molecule has 0 radical (unpaired) electrons. The number of amides is 1. The average Bonchev–Trinajstić information content (AvgIpc) is 2.89. The van der Waals surface area contributed by atoms with Crippen LogP contribution in [0.2, 0.25) is 0 Å². The molecule has 2 aliphatic rings. The third-order valence-corrected chi connectivity index (χ3v) is 4.36. The highest BCUT2D eigenvalue weighted by atomic mass is 16.2. The molecule has 0 aromatic rings. The summed E-state index contributed by atoms with van der Waals surface area (Å²) in [5.74, 6) is 1.59. The van der Waals surface area contributed by atoms with Crippen molar-refractivity contribution < 1.29 is 4.79 Å². The molecule has 0 aromatic carbocycles. The maximum atomic E-state index is 12.1. The first-order valence-electron chi connectivity index (χ1n) is 7.34. The van der Waals surface area contributed by atoms with Crippen molar-refractivity contribution in [3.05, 3.63) is 0 Å². The van der Waals surface area contributed by atoms with Crippen molar-refractivity contribution in [3.63, 3.8) is 0 Å². The van der Waals surface area contributed by atoms with Crippen LogP contribution in [0.25, 0.3) is 0 Å². The largest absolute Gasteiger partial charge is 0.355 e. The van der Waals surface area contributed by atoms with Gasteiger partial charge in [-0.2, -0.15) is 0 Å². The predicted molar refractivity (Wildman–Crippen MR) is 73.4 cm³/mol. The second-order valence-corrected chi connectivity index (χ2v) is 6.04. The lowest BCUT2D eigenvalue weighted by Crippen LogP contribution is -2.44. The van der Waals surface area contributed by atoms with Gasteiger partial charge in [-0.15, -0.1) is 0 Å². The molecule has 1 amide bonds. The summed E-state index contributed by atoms with van der Waals surface area (Å²) in [6.07, 6.45) is 6.08. The molecule has 2 N–H and O–H groups in total. The Labute approximate surface area is 110 Å². The molecule has 2 fully saturated rings. The smallest absolute Gasteiger partial charge is 0.237 e. The van der Waals surface area contributed by atoms with Crippen LogP contribution in [0, 0.1) is 11.8 Å². The third-order valence-electron chi connectivity index (χ3n) is 4.36. The Hall–Kier alpha value is -0.610. The molecule has 0 bridgehead atoms. The van der Waals surface area contributed by atoms with Gasteiger partial charge in [0.05, 0.1) is 6.04 Å². The molecule has 1 saturated heterocycles. The minimum atomic E-state index is 0.0892. The predicted octanol–water partition coefficient (Wildman–Crippen LogP) is 0.833. The van der Waals surface area contributed by atoms with E-state index < -0.39 is 0 Å². The first-order chi connectivity index (χ1) is 8.68. The molecule has 1 heterocycles. The van der Waals surface area contributed by atoms with Crippen LogP contribution in [-0.4, -0.2) is 50.6 Å². The summed E-state index contributed by atoms with van der Waals surface area (Å²) in [5.41, 5.74) is 0. The van der Waals surface area contributed by atoms with Gasteiger partial charge < -0.3 is 15.5 Å². The van der Waals surface area contributed by atoms with E-state index in [2.05, 4.69) is 29.6 Å². The third kappa shape index (κ3) is 3.45. The SMILES string of the molecule is CN(C)CCCCNC(=O)C1NCC2CCCC21. The Kier molecular flexibility index (Phi) is 5.01. The molecule has 0 spiro atoms. The molecule has 2 rings (SSSR count). The summed E-state index contributed by atoms with van der Waals surface area (Å²) in [4.78, 5) is 14.3. The number of nitrogens with zero attached hydrogens (tertiary/aromatic N) is 1. The van der Waals surface area contributed by atoms with E-state index in [0.717, 1.165) is 38.4 Å². The van der Waals surface area contributed by atoms with Crippen molar-refractivity contribution in [2.24, 2.45) is 11.8 Å². The quantitative estimate of drug-likeness (QED) is 0.689. The van der Waals surface area contributed by atoms with Gasteiger partial charge in [0.25, 0.3) is 0 Å². The number of carbonyl (C=O) groups excluding carboxylic acids is 1. The summed E-state index contributed by atoms with van der Waals surface area (Å²) >= 11 is 0. The van der Waals surface area contributed by atoms with Gasteiger partial charge in [0.2, 0.25) is 5.91 Å². The second kappa shape index (κ2) is 6.53. The molecule has 1 aliphatic carbocycles. The molecule has 3 unspecified atom stereocenters. The van der Waals surface area contributed by atoms with E-state index in [0.29, 0.717) is 5.92 Å². The van der Waals surface area contributed by atoms with Crippen LogP contribution < -0.4 is 10.6 Å². The standard InChI is InChI=1S/C14H27N3O/c1-17(2)9-4-3-8-15-14(18)13-12-7-5-6-11(12)10-16-13/h11-13,16H,3-10H2,1-2H3,(H,15,18). The maximum Gasteiger partial charge on any atom is 0.237 e. The van der Waals surface area contributed by atoms with Crippen molar-refractivity contribution in [3.8, 4) is 0 Å². The average molecular weight is 253 g/mol. The van der Waals surface area contributed by atoms with Gasteiger partial charge in [-0.1, -0.05) is 6.42 Å². The summed E-state index contributed by atoms with van der Waals surface area (Å²) in [6.45, 7) is 2.97. The molecule has 1 saturated carbocycles. The van der Waals surface area contributed by atoms with Gasteiger partial charge in [-0.25, -0.2) is 0 Å². The zero-order valence-corrected chi connectivity index (χ0v) is 11.7. The molecule has 4 heteroatoms. The zero-order chi connectivity index (χ0) is 13.0. The monoisotopic (exact) mass is 253 g/mol. The lowest BCUT2D eigenvalue weighted by molar-refractivity contribution is -0.123. The summed E-state index contributed by atoms with van der Waals surface area (Å²) in [5, 5.41) is 6.49. The van der Waals surface area contributed by atoms with Gasteiger partial charge in [0.15, 0.2) is 0 Å². The number of hydrogen-bond acceptors (Lipinski definition) is 3. The van der Waals surface area contributed by atoms with Crippen molar-refractivity contribution in [1.29, 1.82) is 0 Å². The van der Waals surface area contributed by atoms with Gasteiger partial charge in [-0.05, 0) is 64.7 Å². The Bertz CT molecular complexity index is 280. The molecular formula is C14H27N3O. The van der Waals surface area contributed by atoms with E-state index in [-0.39, 0.29) is 11.9 Å². The highest BCUT2D eigenvalue weighted by Crippen LogP contribution is 2.37. The van der Waals surface area contributed by atoms with E-state index in [1.165, 1.54) is 19.3 Å². The Balaban J connectivity index is 1.63. The van der Waals surface area contributed by atoms with Crippen LogP contribution in [0.5, 0.6) is 0 Å². The van der Waals surface area contributed by atoms with Crippen molar-refractivity contribution in [2.45, 2.75) is 38.1 Å². The van der Waals surface area contributed by atoms with Crippen molar-refractivity contribution in [2.75, 3.05) is 33.7 Å². The Morgan fingerprint density at radius 2 is 2.17 bits per heavy atom. The van der Waals surface area contributed by atoms with Gasteiger partial charge in [-0.3, -0.25) is 4.79 Å². The molecule has 0 aromatic heterocycles. The first kappa shape index (κ1) is 13.8. The molecular weight excluding hydrogens is 226 g/mol. The van der Waals surface area contributed by atoms with Gasteiger partial charge in [0.1, 0.15) is 0 Å². The number of carbonyl (C=O) groups is 1. The minimum Gasteiger partial charge on any atom is -0.355 e. The van der Waals surface area contributed by atoms with Crippen LogP contribution in [0.4, 0.5) is 0 Å². The molecule has 18 heavy (non-hydrogen) atoms. The molecule has 4 nitrogen and oxygen atoms in total. The number of fused-ring (bicyclic) bond motifs is 1. The Morgan fingerprint density at radius 3 is 2.94 bits per heavy atom. The van der Waals surface area contributed by atoms with Crippen molar-refractivity contribution >= 4 is 5.91 Å².